The number of ether oxygens (including phenoxy) is 1. The summed E-state index contributed by atoms with van der Waals surface area (Å²) in [7, 11) is 0. The van der Waals surface area contributed by atoms with Gasteiger partial charge in [-0.15, -0.1) is 12.4 Å². The van der Waals surface area contributed by atoms with Gasteiger partial charge in [-0.2, -0.15) is 0 Å². The van der Waals surface area contributed by atoms with Crippen LogP contribution in [-0.2, 0) is 4.79 Å². The quantitative estimate of drug-likeness (QED) is 0.292. The third kappa shape index (κ3) is 6.00. The van der Waals surface area contributed by atoms with Gasteiger partial charge in [-0.3, -0.25) is 5.41 Å². The molecule has 0 aromatic heterocycles. The Kier molecular flexibility index (Phi) is 8.84. The Bertz CT molecular complexity index is 819. The van der Waals surface area contributed by atoms with Crippen molar-refractivity contribution in [3.8, 4) is 5.75 Å². The SMILES string of the molecule is Cl.N=C(N)c1ccc(NC(C(=O)O)c2cc(Cl)cc(Br)c2OCCO)cc1. The second kappa shape index (κ2) is 10.4. The first-order chi connectivity index (χ1) is 12.3. The van der Waals surface area contributed by atoms with E-state index in [1.54, 1.807) is 30.3 Å². The molecule has 0 saturated heterocycles. The Morgan fingerprint density at radius 2 is 1.96 bits per heavy atom. The number of halogens is 3. The number of aliphatic hydroxyl groups excluding tert-OH is 1. The molecule has 1 unspecified atom stereocenters. The van der Waals surface area contributed by atoms with E-state index in [0.29, 0.717) is 26.3 Å². The molecule has 0 amide bonds. The van der Waals surface area contributed by atoms with Crippen LogP contribution in [-0.4, -0.2) is 35.2 Å². The number of hydrogen-bond acceptors (Lipinski definition) is 5. The summed E-state index contributed by atoms with van der Waals surface area (Å²) in [6, 6.07) is 8.40. The number of carboxylic acids is 1. The highest BCUT2D eigenvalue weighted by molar-refractivity contribution is 9.10. The number of aliphatic carboxylic acids is 1. The average Bonchev–Trinajstić information content (AvgIpc) is 2.58. The van der Waals surface area contributed by atoms with E-state index in [4.69, 9.17) is 32.6 Å². The number of carboxylic acid groups (broad SMARTS) is 1. The molecule has 0 fully saturated rings. The fraction of sp³-hybridized carbons (Fsp3) is 0.176. The first-order valence-corrected chi connectivity index (χ1v) is 8.67. The monoisotopic (exact) mass is 477 g/mol. The number of aliphatic hydroxyl groups is 1. The molecular weight excluding hydrogens is 461 g/mol. The van der Waals surface area contributed by atoms with Crippen LogP contribution >= 0.6 is 39.9 Å². The summed E-state index contributed by atoms with van der Waals surface area (Å²) in [5, 5.41) is 29.3. The van der Waals surface area contributed by atoms with Crippen LogP contribution in [0.15, 0.2) is 40.9 Å². The largest absolute Gasteiger partial charge is 0.490 e. The molecule has 7 nitrogen and oxygen atoms in total. The summed E-state index contributed by atoms with van der Waals surface area (Å²) in [5.74, 6) is -0.933. The zero-order chi connectivity index (χ0) is 19.3. The Hall–Kier alpha value is -2.00. The van der Waals surface area contributed by atoms with Gasteiger partial charge in [0.2, 0.25) is 0 Å². The molecule has 2 aromatic carbocycles. The summed E-state index contributed by atoms with van der Waals surface area (Å²) in [6.45, 7) is -0.209. The topological polar surface area (TPSA) is 129 Å². The number of carbonyl (C=O) groups is 1. The van der Waals surface area contributed by atoms with Gasteiger partial charge in [-0.1, -0.05) is 11.6 Å². The van der Waals surface area contributed by atoms with Crippen molar-refractivity contribution in [2.24, 2.45) is 5.73 Å². The minimum absolute atomic E-state index is 0. The molecule has 0 aliphatic rings. The van der Waals surface area contributed by atoms with Gasteiger partial charge in [-0.25, -0.2) is 4.79 Å². The lowest BCUT2D eigenvalue weighted by Crippen LogP contribution is -2.22. The number of rotatable bonds is 8. The van der Waals surface area contributed by atoms with E-state index in [1.165, 1.54) is 6.07 Å². The van der Waals surface area contributed by atoms with E-state index in [2.05, 4.69) is 21.2 Å². The molecule has 0 heterocycles. The van der Waals surface area contributed by atoms with Crippen LogP contribution in [0.1, 0.15) is 17.2 Å². The molecule has 0 aliphatic carbocycles. The number of anilines is 1. The third-order valence-corrected chi connectivity index (χ3v) is 4.25. The van der Waals surface area contributed by atoms with Crippen LogP contribution in [0, 0.1) is 5.41 Å². The highest BCUT2D eigenvalue weighted by Crippen LogP contribution is 2.37. The molecule has 6 N–H and O–H groups in total. The molecule has 2 rings (SSSR count). The van der Waals surface area contributed by atoms with Gasteiger partial charge in [0.25, 0.3) is 0 Å². The zero-order valence-corrected chi connectivity index (χ0v) is 17.1. The fourth-order valence-electron chi connectivity index (χ4n) is 2.28. The van der Waals surface area contributed by atoms with Gasteiger partial charge in [0.05, 0.1) is 11.1 Å². The molecule has 0 spiro atoms. The molecule has 27 heavy (non-hydrogen) atoms. The van der Waals surface area contributed by atoms with Crippen molar-refractivity contribution in [3.05, 3.63) is 57.0 Å². The van der Waals surface area contributed by atoms with E-state index in [9.17, 15) is 9.90 Å². The van der Waals surface area contributed by atoms with Crippen LogP contribution in [0.3, 0.4) is 0 Å². The highest BCUT2D eigenvalue weighted by atomic mass is 79.9. The summed E-state index contributed by atoms with van der Waals surface area (Å²) in [4.78, 5) is 11.8. The molecule has 146 valence electrons. The number of nitrogens with two attached hydrogens (primary N) is 1. The first-order valence-electron chi connectivity index (χ1n) is 7.50. The lowest BCUT2D eigenvalue weighted by Gasteiger charge is -2.21. The van der Waals surface area contributed by atoms with Crippen molar-refractivity contribution in [3.63, 3.8) is 0 Å². The van der Waals surface area contributed by atoms with E-state index in [1.807, 2.05) is 0 Å². The van der Waals surface area contributed by atoms with Gasteiger partial charge in [0.15, 0.2) is 6.04 Å². The molecule has 2 aromatic rings. The first kappa shape index (κ1) is 23.0. The maximum atomic E-state index is 11.8. The highest BCUT2D eigenvalue weighted by Gasteiger charge is 2.26. The molecular formula is C17H18BrCl2N3O4. The number of benzene rings is 2. The van der Waals surface area contributed by atoms with Gasteiger partial charge in [-0.05, 0) is 52.3 Å². The molecule has 0 saturated carbocycles. The van der Waals surface area contributed by atoms with Crippen molar-refractivity contribution in [1.29, 1.82) is 5.41 Å². The van der Waals surface area contributed by atoms with Gasteiger partial charge in [0, 0.05) is 21.8 Å². The van der Waals surface area contributed by atoms with Crippen LogP contribution in [0.4, 0.5) is 5.69 Å². The van der Waals surface area contributed by atoms with Crippen LogP contribution < -0.4 is 15.8 Å². The Balaban J connectivity index is 0.00000364. The van der Waals surface area contributed by atoms with E-state index < -0.39 is 12.0 Å². The molecule has 0 aliphatic heterocycles. The van der Waals surface area contributed by atoms with Crippen molar-refractivity contribution in [2.75, 3.05) is 18.5 Å². The minimum Gasteiger partial charge on any atom is -0.490 e. The minimum atomic E-state index is -1.15. The maximum Gasteiger partial charge on any atom is 0.330 e. The molecule has 0 radical (unpaired) electrons. The lowest BCUT2D eigenvalue weighted by atomic mass is 10.0. The lowest BCUT2D eigenvalue weighted by molar-refractivity contribution is -0.138. The average molecular weight is 479 g/mol. The summed E-state index contributed by atoms with van der Waals surface area (Å²) in [6.07, 6.45) is 0. The van der Waals surface area contributed by atoms with Gasteiger partial charge >= 0.3 is 5.97 Å². The second-order valence-electron chi connectivity index (χ2n) is 5.28. The Morgan fingerprint density at radius 1 is 1.33 bits per heavy atom. The molecule has 0 bridgehead atoms. The van der Waals surface area contributed by atoms with E-state index in [0.717, 1.165) is 0 Å². The van der Waals surface area contributed by atoms with Crippen molar-refractivity contribution < 1.29 is 19.7 Å². The van der Waals surface area contributed by atoms with Crippen LogP contribution in [0.25, 0.3) is 0 Å². The van der Waals surface area contributed by atoms with E-state index in [-0.39, 0.29) is 37.2 Å². The van der Waals surface area contributed by atoms with Crippen LogP contribution in [0.5, 0.6) is 5.75 Å². The number of hydrogen-bond donors (Lipinski definition) is 5. The van der Waals surface area contributed by atoms with Crippen molar-refractivity contribution in [2.45, 2.75) is 6.04 Å². The standard InChI is InChI=1S/C17H17BrClN3O4.ClH/c18-13-8-10(19)7-12(15(13)26-6-5-23)14(17(24)25)22-11-3-1-9(2-4-11)16(20)21;/h1-4,7-8,14,22-23H,5-6H2,(H3,20,21)(H,24,25);1H. The van der Waals surface area contributed by atoms with Crippen molar-refractivity contribution in [1.82, 2.24) is 0 Å². The van der Waals surface area contributed by atoms with Gasteiger partial charge in [0.1, 0.15) is 18.2 Å². The second-order valence-corrected chi connectivity index (χ2v) is 6.58. The maximum absolute atomic E-state index is 11.8. The Labute approximate surface area is 175 Å². The zero-order valence-electron chi connectivity index (χ0n) is 13.9. The third-order valence-electron chi connectivity index (χ3n) is 3.44. The van der Waals surface area contributed by atoms with Crippen molar-refractivity contribution >= 4 is 57.4 Å². The molecule has 10 heteroatoms. The van der Waals surface area contributed by atoms with E-state index >= 15 is 0 Å². The number of nitrogens with one attached hydrogen (secondary N) is 2. The predicted molar refractivity (Wildman–Crippen MR) is 110 cm³/mol. The van der Waals surface area contributed by atoms with Crippen LogP contribution in [0.2, 0.25) is 5.02 Å². The molecule has 1 atom stereocenters. The van der Waals surface area contributed by atoms with Gasteiger partial charge < -0.3 is 26.0 Å². The number of nitrogen functional groups attached to an aromatic ring is 1. The smallest absolute Gasteiger partial charge is 0.330 e. The summed E-state index contributed by atoms with van der Waals surface area (Å²) in [5.41, 5.74) is 6.77. The fourth-order valence-corrected chi connectivity index (χ4v) is 3.23. The normalized spacial score (nSPS) is 11.2. The number of amidine groups is 1. The predicted octanol–water partition coefficient (Wildman–Crippen LogP) is 3.42. The summed E-state index contributed by atoms with van der Waals surface area (Å²) < 4.78 is 5.97. The Morgan fingerprint density at radius 3 is 2.48 bits per heavy atom. The summed E-state index contributed by atoms with van der Waals surface area (Å²) >= 11 is 9.38.